The van der Waals surface area contributed by atoms with Gasteiger partial charge in [0.25, 0.3) is 0 Å². The smallest absolute Gasteiger partial charge is 0.224 e. The van der Waals surface area contributed by atoms with Crippen LogP contribution in [0.4, 0.5) is 0 Å². The summed E-state index contributed by atoms with van der Waals surface area (Å²) in [6, 6.07) is 14.1. The van der Waals surface area contributed by atoms with Crippen molar-refractivity contribution in [1.29, 1.82) is 0 Å². The van der Waals surface area contributed by atoms with E-state index < -0.39 is 0 Å². The first-order valence-electron chi connectivity index (χ1n) is 6.98. The average Bonchev–Trinajstić information content (AvgIpc) is 2.46. The van der Waals surface area contributed by atoms with Crippen LogP contribution >= 0.6 is 0 Å². The van der Waals surface area contributed by atoms with E-state index >= 15 is 0 Å². The van der Waals surface area contributed by atoms with Gasteiger partial charge in [-0.3, -0.25) is 4.79 Å². The molecule has 0 aliphatic rings. The first-order chi connectivity index (χ1) is 9.61. The second-order valence-electron chi connectivity index (χ2n) is 5.33. The highest BCUT2D eigenvalue weighted by Gasteiger charge is 2.14. The van der Waals surface area contributed by atoms with Gasteiger partial charge in [-0.25, -0.2) is 0 Å². The van der Waals surface area contributed by atoms with Crippen molar-refractivity contribution in [3.63, 3.8) is 0 Å². The van der Waals surface area contributed by atoms with Crippen LogP contribution < -0.4 is 5.32 Å². The monoisotopic (exact) mass is 271 g/mol. The molecule has 0 saturated heterocycles. The van der Waals surface area contributed by atoms with Crippen molar-refractivity contribution >= 4 is 16.7 Å². The number of fused-ring (bicyclic) bond motifs is 1. The second kappa shape index (κ2) is 6.53. The summed E-state index contributed by atoms with van der Waals surface area (Å²) in [5.41, 5.74) is 1.03. The summed E-state index contributed by atoms with van der Waals surface area (Å²) in [4.78, 5) is 12.1. The number of benzene rings is 2. The Labute approximate surface area is 119 Å². The van der Waals surface area contributed by atoms with Crippen molar-refractivity contribution in [2.24, 2.45) is 5.92 Å². The Balaban J connectivity index is 2.10. The van der Waals surface area contributed by atoms with E-state index in [9.17, 15) is 4.79 Å². The van der Waals surface area contributed by atoms with Crippen molar-refractivity contribution in [3.8, 4) is 0 Å². The first kappa shape index (κ1) is 14.5. The molecule has 0 aliphatic carbocycles. The number of hydrogen-bond donors (Lipinski definition) is 2. The summed E-state index contributed by atoms with van der Waals surface area (Å²) in [6.45, 7) is 3.92. The number of carbonyl (C=O) groups is 1. The van der Waals surface area contributed by atoms with Gasteiger partial charge in [-0.15, -0.1) is 0 Å². The van der Waals surface area contributed by atoms with Gasteiger partial charge in [-0.1, -0.05) is 49.4 Å². The highest BCUT2D eigenvalue weighted by atomic mass is 16.3. The van der Waals surface area contributed by atoms with E-state index in [1.54, 1.807) is 0 Å². The molecule has 0 radical (unpaired) electrons. The summed E-state index contributed by atoms with van der Waals surface area (Å²) >= 11 is 0. The summed E-state index contributed by atoms with van der Waals surface area (Å²) in [5.74, 6) is 0.0561. The van der Waals surface area contributed by atoms with Gasteiger partial charge < -0.3 is 10.4 Å². The van der Waals surface area contributed by atoms with Crippen LogP contribution in [0, 0.1) is 5.92 Å². The van der Waals surface area contributed by atoms with Gasteiger partial charge in [-0.2, -0.15) is 0 Å². The minimum atomic E-state index is -0.0255. The van der Waals surface area contributed by atoms with Gasteiger partial charge in [0, 0.05) is 12.6 Å². The number of carbonyl (C=O) groups excluding carboxylic acids is 1. The zero-order valence-electron chi connectivity index (χ0n) is 12.0. The number of aliphatic hydroxyl groups excluding tert-OH is 1. The Hall–Kier alpha value is -1.87. The zero-order valence-corrected chi connectivity index (χ0v) is 12.0. The van der Waals surface area contributed by atoms with Gasteiger partial charge in [0.05, 0.1) is 6.42 Å². The molecule has 2 aromatic rings. The van der Waals surface area contributed by atoms with Crippen LogP contribution in [0.25, 0.3) is 10.8 Å². The molecule has 2 aromatic carbocycles. The van der Waals surface area contributed by atoms with Gasteiger partial charge in [-0.05, 0) is 29.2 Å². The molecule has 3 heteroatoms. The Morgan fingerprint density at radius 2 is 1.85 bits per heavy atom. The van der Waals surface area contributed by atoms with Crippen LogP contribution in [-0.4, -0.2) is 23.7 Å². The molecule has 0 saturated carbocycles. The lowest BCUT2D eigenvalue weighted by Gasteiger charge is -2.19. The predicted molar refractivity (Wildman–Crippen MR) is 81.5 cm³/mol. The molecular formula is C17H21NO2. The largest absolute Gasteiger partial charge is 0.396 e. The molecule has 0 aromatic heterocycles. The molecule has 0 heterocycles. The normalized spacial score (nSPS) is 13.9. The van der Waals surface area contributed by atoms with Crippen molar-refractivity contribution in [2.75, 3.05) is 6.61 Å². The van der Waals surface area contributed by atoms with Crippen LogP contribution in [0.2, 0.25) is 0 Å². The Morgan fingerprint density at radius 3 is 2.60 bits per heavy atom. The fraction of sp³-hybridized carbons (Fsp3) is 0.353. The van der Waals surface area contributed by atoms with Crippen molar-refractivity contribution in [2.45, 2.75) is 26.3 Å². The van der Waals surface area contributed by atoms with Crippen LogP contribution in [-0.2, 0) is 11.2 Å². The van der Waals surface area contributed by atoms with E-state index in [1.165, 1.54) is 0 Å². The lowest BCUT2D eigenvalue weighted by molar-refractivity contribution is -0.121. The van der Waals surface area contributed by atoms with E-state index in [4.69, 9.17) is 5.11 Å². The van der Waals surface area contributed by atoms with Crippen LogP contribution in [0.15, 0.2) is 42.5 Å². The quantitative estimate of drug-likeness (QED) is 0.878. The van der Waals surface area contributed by atoms with Crippen LogP contribution in [0.5, 0.6) is 0 Å². The molecule has 20 heavy (non-hydrogen) atoms. The fourth-order valence-corrected chi connectivity index (χ4v) is 2.22. The molecule has 2 unspecified atom stereocenters. The summed E-state index contributed by atoms with van der Waals surface area (Å²) < 4.78 is 0. The Bertz CT molecular complexity index is 589. The topological polar surface area (TPSA) is 49.3 Å². The van der Waals surface area contributed by atoms with Crippen molar-refractivity contribution < 1.29 is 9.90 Å². The number of hydrogen-bond acceptors (Lipinski definition) is 2. The van der Waals surface area contributed by atoms with Crippen LogP contribution in [0.3, 0.4) is 0 Å². The molecule has 2 rings (SSSR count). The van der Waals surface area contributed by atoms with Crippen LogP contribution in [0.1, 0.15) is 19.4 Å². The highest BCUT2D eigenvalue weighted by molar-refractivity contribution is 5.90. The standard InChI is InChI=1S/C17H21NO2/c1-12(11-19)13(2)18-17(20)10-15-8-5-7-14-6-3-4-9-16(14)15/h3-9,12-13,19H,10-11H2,1-2H3,(H,18,20). The second-order valence-corrected chi connectivity index (χ2v) is 5.33. The Morgan fingerprint density at radius 1 is 1.15 bits per heavy atom. The van der Waals surface area contributed by atoms with Gasteiger partial charge in [0.2, 0.25) is 5.91 Å². The number of nitrogens with one attached hydrogen (secondary N) is 1. The number of aliphatic hydroxyl groups is 1. The fourth-order valence-electron chi connectivity index (χ4n) is 2.22. The Kier molecular flexibility index (Phi) is 4.74. The summed E-state index contributed by atoms with van der Waals surface area (Å²) in [5, 5.41) is 14.3. The van der Waals surface area contributed by atoms with E-state index in [0.29, 0.717) is 6.42 Å². The minimum absolute atomic E-state index is 0.00541. The molecule has 0 spiro atoms. The third-order valence-corrected chi connectivity index (χ3v) is 3.76. The lowest BCUT2D eigenvalue weighted by atomic mass is 10.0. The van der Waals surface area contributed by atoms with E-state index in [1.807, 2.05) is 56.3 Å². The van der Waals surface area contributed by atoms with Gasteiger partial charge >= 0.3 is 0 Å². The minimum Gasteiger partial charge on any atom is -0.396 e. The van der Waals surface area contributed by atoms with Crippen molar-refractivity contribution in [1.82, 2.24) is 5.32 Å². The molecule has 1 amide bonds. The number of rotatable bonds is 5. The molecule has 0 bridgehead atoms. The molecule has 2 atom stereocenters. The predicted octanol–water partition coefficient (Wildman–Crippen LogP) is 2.52. The molecular weight excluding hydrogens is 250 g/mol. The summed E-state index contributed by atoms with van der Waals surface area (Å²) in [6.07, 6.45) is 0.365. The van der Waals surface area contributed by atoms with Gasteiger partial charge in [0.1, 0.15) is 0 Å². The van der Waals surface area contributed by atoms with E-state index in [-0.39, 0.29) is 24.5 Å². The average molecular weight is 271 g/mol. The lowest BCUT2D eigenvalue weighted by Crippen LogP contribution is -2.39. The third-order valence-electron chi connectivity index (χ3n) is 3.76. The molecule has 2 N–H and O–H groups in total. The molecule has 0 aliphatic heterocycles. The molecule has 106 valence electrons. The maximum atomic E-state index is 12.1. The maximum absolute atomic E-state index is 12.1. The SMILES string of the molecule is CC(CO)C(C)NC(=O)Cc1cccc2ccccc12. The zero-order chi connectivity index (χ0) is 14.5. The van der Waals surface area contributed by atoms with E-state index in [2.05, 4.69) is 5.32 Å². The molecule has 3 nitrogen and oxygen atoms in total. The van der Waals surface area contributed by atoms with Crippen molar-refractivity contribution in [3.05, 3.63) is 48.0 Å². The highest BCUT2D eigenvalue weighted by Crippen LogP contribution is 2.18. The maximum Gasteiger partial charge on any atom is 0.224 e. The third kappa shape index (κ3) is 3.36. The summed E-state index contributed by atoms with van der Waals surface area (Å²) in [7, 11) is 0. The number of amides is 1. The molecule has 0 fully saturated rings. The van der Waals surface area contributed by atoms with Gasteiger partial charge in [0.15, 0.2) is 0 Å². The van der Waals surface area contributed by atoms with E-state index in [0.717, 1.165) is 16.3 Å². The first-order valence-corrected chi connectivity index (χ1v) is 6.98.